The van der Waals surface area contributed by atoms with Crippen LogP contribution in [0.4, 0.5) is 0 Å². The van der Waals surface area contributed by atoms with Gasteiger partial charge in [0.2, 0.25) is 17.3 Å². The van der Waals surface area contributed by atoms with Crippen LogP contribution in [0.5, 0.6) is 0 Å². The van der Waals surface area contributed by atoms with Crippen LogP contribution in [0.3, 0.4) is 0 Å². The number of hydrogen-bond donors (Lipinski definition) is 6. The van der Waals surface area contributed by atoms with Crippen molar-refractivity contribution in [1.82, 2.24) is 0 Å². The van der Waals surface area contributed by atoms with Crippen molar-refractivity contribution >= 4 is 23.9 Å². The maximum Gasteiger partial charge on any atom is 0.343 e. The average molecular weight is 541 g/mol. The third-order valence-corrected chi connectivity index (χ3v) is 7.40. The molecule has 2 aliphatic rings. The zero-order chi connectivity index (χ0) is 28.6. The summed E-state index contributed by atoms with van der Waals surface area (Å²) in [5, 5.41) is 61.4. The highest BCUT2D eigenvalue weighted by Gasteiger charge is 2.84. The van der Waals surface area contributed by atoms with Gasteiger partial charge in [0.25, 0.3) is 0 Å². The lowest BCUT2D eigenvalue weighted by atomic mass is 9.74. The second kappa shape index (κ2) is 10.6. The normalized spacial score (nSPS) is 34.6. The van der Waals surface area contributed by atoms with Gasteiger partial charge in [0, 0.05) is 13.3 Å². The van der Waals surface area contributed by atoms with Crippen LogP contribution in [0.1, 0.15) is 39.2 Å². The molecule has 2 bridgehead atoms. The van der Waals surface area contributed by atoms with E-state index in [9.17, 15) is 49.8 Å². The van der Waals surface area contributed by atoms with E-state index in [0.29, 0.717) is 6.42 Å². The molecule has 1 aromatic rings. The molecule has 13 heteroatoms. The molecule has 0 saturated carbocycles. The standard InChI is InChI=1S/C25H32O13/c1-12(16(36-14(3)26)13(2)11-15-7-5-4-6-8-15)9-10-23-17(27)18(28)25(38-23,22(33)34)24(35,21(31)32)19(37-23)20(29)30/h4-8,12-13,16-19,27-28,35H,9-11H2,1-3H3,(H,29,30)(H,31,32)(H,33,34)/t12?,13-,16-,17-,18-,19-,23-,24-,25-/m1/s1. The Morgan fingerprint density at radius 1 is 0.974 bits per heavy atom. The van der Waals surface area contributed by atoms with Gasteiger partial charge in [-0.2, -0.15) is 0 Å². The highest BCUT2D eigenvalue weighted by molar-refractivity contribution is 5.97. The zero-order valence-corrected chi connectivity index (χ0v) is 21.0. The molecule has 0 aromatic heterocycles. The molecule has 9 atom stereocenters. The van der Waals surface area contributed by atoms with Crippen LogP contribution in [0.2, 0.25) is 0 Å². The van der Waals surface area contributed by atoms with Crippen molar-refractivity contribution in [2.45, 2.75) is 81.4 Å². The average Bonchev–Trinajstić information content (AvgIpc) is 3.04. The summed E-state index contributed by atoms with van der Waals surface area (Å²) in [6, 6.07) is 9.40. The number of aliphatic carboxylic acids is 3. The first-order chi connectivity index (χ1) is 17.6. The SMILES string of the molecule is CC(=O)O[C@H](C(C)CC[C@@]12O[C@H](C(=O)O)[C@@](O)(C(=O)O)[C@@](C(=O)O)(O1)[C@H](O)[C@H]2O)[C@H](C)Cc1ccccc1. The summed E-state index contributed by atoms with van der Waals surface area (Å²) in [5.74, 6) is -10.3. The second-order valence-corrected chi connectivity index (χ2v) is 10.0. The number of rotatable bonds is 11. The summed E-state index contributed by atoms with van der Waals surface area (Å²) in [4.78, 5) is 48.0. The van der Waals surface area contributed by atoms with Crippen molar-refractivity contribution < 1.29 is 64.0 Å². The Balaban J connectivity index is 1.92. The zero-order valence-electron chi connectivity index (χ0n) is 21.0. The number of ether oxygens (including phenoxy) is 3. The lowest BCUT2D eigenvalue weighted by Gasteiger charge is -2.48. The van der Waals surface area contributed by atoms with E-state index in [1.54, 1.807) is 6.92 Å². The molecule has 2 aliphatic heterocycles. The van der Waals surface area contributed by atoms with E-state index in [-0.39, 0.29) is 12.3 Å². The van der Waals surface area contributed by atoms with Gasteiger partial charge in [0.05, 0.1) is 0 Å². The smallest absolute Gasteiger partial charge is 0.343 e. The fourth-order valence-corrected chi connectivity index (χ4v) is 5.50. The van der Waals surface area contributed by atoms with Crippen molar-refractivity contribution in [2.24, 2.45) is 11.8 Å². The maximum atomic E-state index is 12.2. The second-order valence-electron chi connectivity index (χ2n) is 10.0. The van der Waals surface area contributed by atoms with Crippen LogP contribution in [0.25, 0.3) is 0 Å². The van der Waals surface area contributed by atoms with Crippen molar-refractivity contribution in [3.8, 4) is 0 Å². The van der Waals surface area contributed by atoms with Crippen molar-refractivity contribution in [2.75, 3.05) is 0 Å². The van der Waals surface area contributed by atoms with Crippen LogP contribution < -0.4 is 0 Å². The predicted octanol–water partition coefficient (Wildman–Crippen LogP) is -0.216. The fraction of sp³-hybridized carbons (Fsp3) is 0.600. The molecule has 6 N–H and O–H groups in total. The monoisotopic (exact) mass is 540 g/mol. The van der Waals surface area contributed by atoms with Gasteiger partial charge in [-0.05, 0) is 30.2 Å². The quantitative estimate of drug-likeness (QED) is 0.200. The van der Waals surface area contributed by atoms with E-state index in [0.717, 1.165) is 5.56 Å². The predicted molar refractivity (Wildman–Crippen MR) is 125 cm³/mol. The summed E-state index contributed by atoms with van der Waals surface area (Å²) >= 11 is 0. The van der Waals surface area contributed by atoms with Crippen LogP contribution in [0, 0.1) is 11.8 Å². The number of carboxylic acid groups (broad SMARTS) is 3. The highest BCUT2D eigenvalue weighted by atomic mass is 16.8. The van der Waals surface area contributed by atoms with Gasteiger partial charge in [-0.3, -0.25) is 4.79 Å². The number of carbonyl (C=O) groups is 4. The molecule has 1 aromatic carbocycles. The maximum absolute atomic E-state index is 12.2. The van der Waals surface area contributed by atoms with Gasteiger partial charge >= 0.3 is 23.9 Å². The van der Waals surface area contributed by atoms with Gasteiger partial charge in [-0.1, -0.05) is 44.2 Å². The van der Waals surface area contributed by atoms with Crippen molar-refractivity contribution in [3.63, 3.8) is 0 Å². The Kier molecular flexibility index (Phi) is 8.20. The van der Waals surface area contributed by atoms with E-state index in [2.05, 4.69) is 0 Å². The topological polar surface area (TPSA) is 217 Å². The Bertz CT molecular complexity index is 1080. The highest BCUT2D eigenvalue weighted by Crippen LogP contribution is 2.54. The summed E-state index contributed by atoms with van der Waals surface area (Å²) in [6.45, 7) is 4.81. The third-order valence-electron chi connectivity index (χ3n) is 7.40. The molecular formula is C25H32O13. The van der Waals surface area contributed by atoms with Crippen molar-refractivity contribution in [1.29, 1.82) is 0 Å². The van der Waals surface area contributed by atoms with Gasteiger partial charge in [0.15, 0.2) is 5.79 Å². The molecular weight excluding hydrogens is 508 g/mol. The first-order valence-corrected chi connectivity index (χ1v) is 12.0. The van der Waals surface area contributed by atoms with Crippen LogP contribution >= 0.6 is 0 Å². The molecule has 0 amide bonds. The number of aliphatic hydroxyl groups is 3. The number of carboxylic acids is 3. The Hall–Kier alpha value is -3.10. The first kappa shape index (κ1) is 29.5. The molecule has 3 rings (SSSR count). The molecule has 0 radical (unpaired) electrons. The minimum absolute atomic E-state index is 0.00556. The molecule has 13 nitrogen and oxygen atoms in total. The van der Waals surface area contributed by atoms with Crippen LogP contribution in [0.15, 0.2) is 30.3 Å². The van der Waals surface area contributed by atoms with Gasteiger partial charge in [-0.15, -0.1) is 0 Å². The van der Waals surface area contributed by atoms with Crippen molar-refractivity contribution in [3.05, 3.63) is 35.9 Å². The van der Waals surface area contributed by atoms with E-state index in [4.69, 9.17) is 14.2 Å². The Morgan fingerprint density at radius 2 is 1.58 bits per heavy atom. The van der Waals surface area contributed by atoms with E-state index >= 15 is 0 Å². The fourth-order valence-electron chi connectivity index (χ4n) is 5.50. The summed E-state index contributed by atoms with van der Waals surface area (Å²) in [7, 11) is 0. The number of benzene rings is 1. The minimum atomic E-state index is -3.79. The van der Waals surface area contributed by atoms with Crippen LogP contribution in [-0.2, 0) is 39.8 Å². The molecule has 38 heavy (non-hydrogen) atoms. The van der Waals surface area contributed by atoms with Gasteiger partial charge in [0.1, 0.15) is 18.3 Å². The Labute approximate surface area is 217 Å². The molecule has 0 spiro atoms. The number of hydrogen-bond acceptors (Lipinski definition) is 10. The molecule has 0 aliphatic carbocycles. The molecule has 2 heterocycles. The van der Waals surface area contributed by atoms with E-state index in [1.165, 1.54) is 6.92 Å². The van der Waals surface area contributed by atoms with Gasteiger partial charge < -0.3 is 44.8 Å². The molecule has 210 valence electrons. The number of esters is 1. The Morgan fingerprint density at radius 3 is 2.08 bits per heavy atom. The lowest BCUT2D eigenvalue weighted by Crippen LogP contribution is -2.77. The largest absolute Gasteiger partial charge is 0.479 e. The lowest BCUT2D eigenvalue weighted by molar-refractivity contribution is -0.374. The minimum Gasteiger partial charge on any atom is -0.479 e. The number of fused-ring (bicyclic) bond motifs is 2. The number of aliphatic hydroxyl groups excluding tert-OH is 2. The molecule has 1 unspecified atom stereocenters. The van der Waals surface area contributed by atoms with Gasteiger partial charge in [-0.25, -0.2) is 14.4 Å². The van der Waals surface area contributed by atoms with Crippen LogP contribution in [-0.4, -0.2) is 95.9 Å². The van der Waals surface area contributed by atoms with E-state index < -0.39 is 77.6 Å². The summed E-state index contributed by atoms with van der Waals surface area (Å²) < 4.78 is 16.2. The summed E-state index contributed by atoms with van der Waals surface area (Å²) in [6.07, 6.45) is -8.10. The summed E-state index contributed by atoms with van der Waals surface area (Å²) in [5.41, 5.74) is -6.26. The first-order valence-electron chi connectivity index (χ1n) is 12.0. The van der Waals surface area contributed by atoms with E-state index in [1.807, 2.05) is 37.3 Å². The third kappa shape index (κ3) is 4.64. The molecule has 2 saturated heterocycles. The number of carbonyl (C=O) groups excluding carboxylic acids is 1. The molecule has 2 fully saturated rings.